The summed E-state index contributed by atoms with van der Waals surface area (Å²) in [5.41, 5.74) is 1.06. The van der Waals surface area contributed by atoms with Gasteiger partial charge in [-0.25, -0.2) is 4.98 Å². The molecule has 0 atom stereocenters. The Labute approximate surface area is 118 Å². The van der Waals surface area contributed by atoms with Crippen LogP contribution in [-0.2, 0) is 0 Å². The van der Waals surface area contributed by atoms with Gasteiger partial charge in [0.2, 0.25) is 0 Å². The van der Waals surface area contributed by atoms with Gasteiger partial charge >= 0.3 is 0 Å². The van der Waals surface area contributed by atoms with E-state index in [1.807, 2.05) is 0 Å². The lowest BCUT2D eigenvalue weighted by Gasteiger charge is -2.35. The van der Waals surface area contributed by atoms with E-state index in [2.05, 4.69) is 23.9 Å². The molecule has 0 spiro atoms. The molecular formula is C14H21N3OS. The summed E-state index contributed by atoms with van der Waals surface area (Å²) < 4.78 is 0. The van der Waals surface area contributed by atoms with E-state index in [1.54, 1.807) is 11.3 Å². The normalized spacial score (nSPS) is 21.1. The fourth-order valence-electron chi connectivity index (χ4n) is 2.77. The van der Waals surface area contributed by atoms with Crippen LogP contribution in [0, 0.1) is 0 Å². The summed E-state index contributed by atoms with van der Waals surface area (Å²) in [5.74, 6) is 0.560. The summed E-state index contributed by atoms with van der Waals surface area (Å²) in [7, 11) is 4.30. The fourth-order valence-corrected chi connectivity index (χ4v) is 3.79. The lowest BCUT2D eigenvalue weighted by molar-refractivity contribution is 0.112. The van der Waals surface area contributed by atoms with Crippen LogP contribution in [0.25, 0.3) is 0 Å². The van der Waals surface area contributed by atoms with Crippen LogP contribution in [0.5, 0.6) is 0 Å². The molecule has 1 aromatic rings. The monoisotopic (exact) mass is 279 g/mol. The molecule has 0 amide bonds. The number of aromatic nitrogens is 1. The highest BCUT2D eigenvalue weighted by atomic mass is 32.1. The lowest BCUT2D eigenvalue weighted by Crippen LogP contribution is -2.41. The first-order chi connectivity index (χ1) is 9.19. The maximum Gasteiger partial charge on any atom is 0.186 e. The van der Waals surface area contributed by atoms with Crippen molar-refractivity contribution < 1.29 is 4.79 Å². The summed E-state index contributed by atoms with van der Waals surface area (Å²) in [6, 6.07) is 0.685. The molecule has 3 rings (SSSR count). The van der Waals surface area contributed by atoms with Gasteiger partial charge in [-0.05, 0) is 39.8 Å². The molecule has 1 saturated carbocycles. The van der Waals surface area contributed by atoms with Crippen molar-refractivity contribution in [3.8, 4) is 0 Å². The average Bonchev–Trinajstić information content (AvgIpc) is 3.18. The van der Waals surface area contributed by atoms with Crippen molar-refractivity contribution in [2.75, 3.05) is 32.1 Å². The van der Waals surface area contributed by atoms with Gasteiger partial charge in [-0.15, -0.1) is 0 Å². The molecule has 1 aliphatic heterocycles. The minimum atomic E-state index is 0.560. The molecule has 104 valence electrons. The number of carbonyl (C=O) groups is 1. The van der Waals surface area contributed by atoms with Crippen molar-refractivity contribution in [3.05, 3.63) is 10.6 Å². The molecule has 5 heteroatoms. The minimum absolute atomic E-state index is 0.560. The second-order valence-electron chi connectivity index (χ2n) is 5.82. The minimum Gasteiger partial charge on any atom is -0.348 e. The van der Waals surface area contributed by atoms with Crippen molar-refractivity contribution in [1.29, 1.82) is 0 Å². The smallest absolute Gasteiger partial charge is 0.186 e. The van der Waals surface area contributed by atoms with E-state index in [-0.39, 0.29) is 0 Å². The van der Waals surface area contributed by atoms with Gasteiger partial charge in [0, 0.05) is 25.0 Å². The first-order valence-electron chi connectivity index (χ1n) is 7.06. The molecule has 0 unspecified atom stereocenters. The van der Waals surface area contributed by atoms with Gasteiger partial charge < -0.3 is 9.80 Å². The molecular weight excluding hydrogens is 258 g/mol. The molecule has 4 nitrogen and oxygen atoms in total. The second-order valence-corrected chi connectivity index (χ2v) is 6.83. The van der Waals surface area contributed by atoms with Gasteiger partial charge in [-0.2, -0.15) is 0 Å². The van der Waals surface area contributed by atoms with Crippen molar-refractivity contribution in [2.45, 2.75) is 37.6 Å². The number of nitrogens with zero attached hydrogens (tertiary/aromatic N) is 3. The quantitative estimate of drug-likeness (QED) is 0.793. The third-order valence-corrected chi connectivity index (χ3v) is 5.26. The van der Waals surface area contributed by atoms with E-state index < -0.39 is 0 Å². The maximum atomic E-state index is 11.1. The second kappa shape index (κ2) is 5.21. The van der Waals surface area contributed by atoms with E-state index in [4.69, 9.17) is 4.98 Å². The van der Waals surface area contributed by atoms with Gasteiger partial charge in [-0.1, -0.05) is 11.3 Å². The Kier molecular flexibility index (Phi) is 3.58. The van der Waals surface area contributed by atoms with E-state index in [9.17, 15) is 4.79 Å². The lowest BCUT2D eigenvalue weighted by atomic mass is 10.0. The average molecular weight is 279 g/mol. The van der Waals surface area contributed by atoms with Crippen molar-refractivity contribution in [2.24, 2.45) is 0 Å². The van der Waals surface area contributed by atoms with Gasteiger partial charge in [0.15, 0.2) is 11.4 Å². The van der Waals surface area contributed by atoms with Gasteiger partial charge in [0.1, 0.15) is 0 Å². The Morgan fingerprint density at radius 2 is 1.95 bits per heavy atom. The van der Waals surface area contributed by atoms with Crippen LogP contribution in [0.3, 0.4) is 0 Å². The standard InChI is InChI=1S/C14H21N3OS/c1-16(2)11-5-7-17(8-6-11)14-15-13(10-3-4-10)12(9-18)19-14/h9-11H,3-8H2,1-2H3. The van der Waals surface area contributed by atoms with E-state index >= 15 is 0 Å². The summed E-state index contributed by atoms with van der Waals surface area (Å²) in [4.78, 5) is 21.4. The van der Waals surface area contributed by atoms with Gasteiger partial charge in [-0.3, -0.25) is 4.79 Å². The van der Waals surface area contributed by atoms with Crippen LogP contribution in [0.4, 0.5) is 5.13 Å². The molecule has 2 fully saturated rings. The third kappa shape index (κ3) is 2.67. The van der Waals surface area contributed by atoms with Crippen molar-refractivity contribution in [3.63, 3.8) is 0 Å². The van der Waals surface area contributed by atoms with E-state index in [1.165, 1.54) is 25.7 Å². The Bertz CT molecular complexity index is 459. The van der Waals surface area contributed by atoms with Crippen LogP contribution in [0.15, 0.2) is 0 Å². The van der Waals surface area contributed by atoms with Crippen LogP contribution in [-0.4, -0.2) is 49.4 Å². The zero-order valence-corrected chi connectivity index (χ0v) is 12.4. The number of rotatable bonds is 4. The number of hydrogen-bond acceptors (Lipinski definition) is 5. The SMILES string of the molecule is CN(C)C1CCN(c2nc(C3CC3)c(C=O)s2)CC1. The number of hydrogen-bond donors (Lipinski definition) is 0. The largest absolute Gasteiger partial charge is 0.348 e. The van der Waals surface area contributed by atoms with Gasteiger partial charge in [0.05, 0.1) is 10.6 Å². The summed E-state index contributed by atoms with van der Waals surface area (Å²) in [5, 5.41) is 1.06. The number of piperidine rings is 1. The Balaban J connectivity index is 1.71. The molecule has 2 aliphatic rings. The predicted molar refractivity (Wildman–Crippen MR) is 78.4 cm³/mol. The third-order valence-electron chi connectivity index (χ3n) is 4.21. The zero-order valence-electron chi connectivity index (χ0n) is 11.6. The van der Waals surface area contributed by atoms with E-state index in [0.717, 1.165) is 35.1 Å². The molecule has 19 heavy (non-hydrogen) atoms. The molecule has 0 aromatic carbocycles. The predicted octanol–water partition coefficient (Wildman–Crippen LogP) is 2.36. The first kappa shape index (κ1) is 13.1. The van der Waals surface area contributed by atoms with Crippen LogP contribution in [0.1, 0.15) is 47.0 Å². The van der Waals surface area contributed by atoms with Gasteiger partial charge in [0.25, 0.3) is 0 Å². The number of anilines is 1. The molecule has 0 radical (unpaired) electrons. The zero-order chi connectivity index (χ0) is 13.4. The van der Waals surface area contributed by atoms with Crippen LogP contribution < -0.4 is 4.90 Å². The van der Waals surface area contributed by atoms with Crippen LogP contribution in [0.2, 0.25) is 0 Å². The number of aldehydes is 1. The molecule has 1 saturated heterocycles. The highest BCUT2D eigenvalue weighted by Crippen LogP contribution is 2.43. The first-order valence-corrected chi connectivity index (χ1v) is 7.88. The van der Waals surface area contributed by atoms with Crippen molar-refractivity contribution >= 4 is 22.8 Å². The van der Waals surface area contributed by atoms with Crippen molar-refractivity contribution in [1.82, 2.24) is 9.88 Å². The highest BCUT2D eigenvalue weighted by Gasteiger charge is 2.31. The maximum absolute atomic E-state index is 11.1. The number of carbonyl (C=O) groups excluding carboxylic acids is 1. The topological polar surface area (TPSA) is 36.4 Å². The molecule has 1 aliphatic carbocycles. The van der Waals surface area contributed by atoms with E-state index in [0.29, 0.717) is 12.0 Å². The van der Waals surface area contributed by atoms with Crippen LogP contribution >= 0.6 is 11.3 Å². The summed E-state index contributed by atoms with van der Waals surface area (Å²) >= 11 is 1.58. The molecule has 1 aromatic heterocycles. The molecule has 2 heterocycles. The molecule has 0 bridgehead atoms. The Morgan fingerprint density at radius 1 is 1.26 bits per heavy atom. The fraction of sp³-hybridized carbons (Fsp3) is 0.714. The number of thiazole rings is 1. The Morgan fingerprint density at radius 3 is 2.47 bits per heavy atom. The summed E-state index contributed by atoms with van der Waals surface area (Å²) in [6.45, 7) is 2.11. The Hall–Kier alpha value is -0.940. The molecule has 0 N–H and O–H groups in total. The highest BCUT2D eigenvalue weighted by molar-refractivity contribution is 7.17. The summed E-state index contributed by atoms with van der Waals surface area (Å²) in [6.07, 6.45) is 5.75.